The van der Waals surface area contributed by atoms with E-state index in [1.165, 1.54) is 11.9 Å². The van der Waals surface area contributed by atoms with Crippen LogP contribution < -0.4 is 5.32 Å². The van der Waals surface area contributed by atoms with E-state index in [9.17, 15) is 18.0 Å². The fraction of sp³-hybridized carbons (Fsp3) is 0.895. The number of halogens is 4. The van der Waals surface area contributed by atoms with Gasteiger partial charge in [0.2, 0.25) is 5.91 Å². The third kappa shape index (κ3) is 8.74. The third-order valence-corrected chi connectivity index (χ3v) is 5.46. The van der Waals surface area contributed by atoms with E-state index in [-0.39, 0.29) is 42.5 Å². The topological polar surface area (TPSA) is 54.4 Å². The van der Waals surface area contributed by atoms with Crippen molar-refractivity contribution in [3.05, 3.63) is 0 Å². The molecule has 7 nitrogen and oxygen atoms in total. The summed E-state index contributed by atoms with van der Waals surface area (Å²) in [5, 5.41) is 3.23. The molecule has 2 fully saturated rings. The SMILES string of the molecule is CCNC(=NCCN(C)CC(F)(F)F)N1CCN(C(C)C(=O)N2CCCC2)CC1.I. The zero-order chi connectivity index (χ0) is 21.4. The summed E-state index contributed by atoms with van der Waals surface area (Å²) in [4.78, 5) is 24.6. The lowest BCUT2D eigenvalue weighted by atomic mass is 10.2. The van der Waals surface area contributed by atoms with Gasteiger partial charge < -0.3 is 15.1 Å². The van der Waals surface area contributed by atoms with E-state index in [1.807, 2.05) is 18.7 Å². The van der Waals surface area contributed by atoms with Gasteiger partial charge in [-0.3, -0.25) is 19.6 Å². The predicted molar refractivity (Wildman–Crippen MR) is 123 cm³/mol. The molecule has 2 aliphatic heterocycles. The van der Waals surface area contributed by atoms with Crippen LogP contribution in [0.2, 0.25) is 0 Å². The summed E-state index contributed by atoms with van der Waals surface area (Å²) in [7, 11) is 1.45. The molecule has 2 saturated heterocycles. The number of likely N-dealkylation sites (N-methyl/N-ethyl adjacent to an activating group) is 1. The number of piperazine rings is 1. The van der Waals surface area contributed by atoms with Gasteiger partial charge in [-0.15, -0.1) is 24.0 Å². The number of carbonyl (C=O) groups is 1. The molecule has 0 saturated carbocycles. The molecule has 176 valence electrons. The summed E-state index contributed by atoms with van der Waals surface area (Å²) in [6.07, 6.45) is -2.01. The molecule has 0 aromatic carbocycles. The Morgan fingerprint density at radius 2 is 1.70 bits per heavy atom. The van der Waals surface area contributed by atoms with Crippen LogP contribution in [-0.2, 0) is 4.79 Å². The summed E-state index contributed by atoms with van der Waals surface area (Å²) < 4.78 is 37.3. The molecule has 0 spiro atoms. The minimum absolute atomic E-state index is 0. The first-order valence-corrected chi connectivity index (χ1v) is 10.5. The molecule has 2 aliphatic rings. The Hall–Kier alpha value is -0.820. The van der Waals surface area contributed by atoms with E-state index < -0.39 is 12.7 Å². The van der Waals surface area contributed by atoms with Gasteiger partial charge in [-0.2, -0.15) is 13.2 Å². The molecule has 0 aromatic heterocycles. The Morgan fingerprint density at radius 1 is 1.10 bits per heavy atom. The zero-order valence-electron chi connectivity index (χ0n) is 18.2. The molecule has 1 N–H and O–H groups in total. The van der Waals surface area contributed by atoms with Crippen LogP contribution in [0.25, 0.3) is 0 Å². The number of carbonyl (C=O) groups excluding carboxylic acids is 1. The highest BCUT2D eigenvalue weighted by atomic mass is 127. The lowest BCUT2D eigenvalue weighted by Crippen LogP contribution is -2.57. The second-order valence-electron chi connectivity index (χ2n) is 7.82. The number of nitrogens with zero attached hydrogens (tertiary/aromatic N) is 5. The quantitative estimate of drug-likeness (QED) is 0.298. The standard InChI is InChI=1S/C19H35F3N6O.HI/c1-4-23-18(24-7-10-25(3)15-19(20,21)22)28-13-11-26(12-14-28)16(2)17(29)27-8-5-6-9-27;/h16H,4-15H2,1-3H3,(H,23,24);1H. The van der Waals surface area contributed by atoms with Crippen molar-refractivity contribution in [1.82, 2.24) is 24.9 Å². The Morgan fingerprint density at radius 3 is 2.23 bits per heavy atom. The maximum absolute atomic E-state index is 12.6. The second kappa shape index (κ2) is 12.9. The lowest BCUT2D eigenvalue weighted by Gasteiger charge is -2.39. The molecule has 0 bridgehead atoms. The molecule has 1 unspecified atom stereocenters. The van der Waals surface area contributed by atoms with Gasteiger partial charge in [0.15, 0.2) is 5.96 Å². The minimum Gasteiger partial charge on any atom is -0.357 e. The van der Waals surface area contributed by atoms with Crippen LogP contribution >= 0.6 is 24.0 Å². The van der Waals surface area contributed by atoms with Gasteiger partial charge >= 0.3 is 6.18 Å². The van der Waals surface area contributed by atoms with Gasteiger partial charge in [-0.25, -0.2) is 0 Å². The predicted octanol–water partition coefficient (Wildman–Crippen LogP) is 1.69. The van der Waals surface area contributed by atoms with Crippen molar-refractivity contribution in [2.75, 3.05) is 72.5 Å². The van der Waals surface area contributed by atoms with Gasteiger partial charge in [0.25, 0.3) is 0 Å². The average Bonchev–Trinajstić information content (AvgIpc) is 3.19. The summed E-state index contributed by atoms with van der Waals surface area (Å²) >= 11 is 0. The summed E-state index contributed by atoms with van der Waals surface area (Å²) in [6, 6.07) is -0.120. The van der Waals surface area contributed by atoms with Crippen molar-refractivity contribution in [1.29, 1.82) is 0 Å². The fourth-order valence-electron chi connectivity index (χ4n) is 3.82. The first-order chi connectivity index (χ1) is 13.7. The number of guanidine groups is 1. The Balaban J connectivity index is 0.00000450. The molecule has 11 heteroatoms. The molecule has 0 radical (unpaired) electrons. The summed E-state index contributed by atoms with van der Waals surface area (Å²) in [5.41, 5.74) is 0. The van der Waals surface area contributed by atoms with E-state index in [2.05, 4.69) is 20.1 Å². The number of amides is 1. The van der Waals surface area contributed by atoms with Crippen LogP contribution in [0, 0.1) is 0 Å². The number of rotatable bonds is 7. The molecule has 30 heavy (non-hydrogen) atoms. The van der Waals surface area contributed by atoms with Crippen LogP contribution in [0.3, 0.4) is 0 Å². The minimum atomic E-state index is -4.19. The van der Waals surface area contributed by atoms with E-state index in [0.717, 1.165) is 58.1 Å². The molecule has 2 heterocycles. The van der Waals surface area contributed by atoms with Crippen LogP contribution in [0.1, 0.15) is 26.7 Å². The maximum Gasteiger partial charge on any atom is 0.401 e. The maximum atomic E-state index is 12.6. The normalized spacial score (nSPS) is 19.8. The molecule has 1 amide bonds. The smallest absolute Gasteiger partial charge is 0.357 e. The van der Waals surface area contributed by atoms with Gasteiger partial charge in [0.05, 0.1) is 19.1 Å². The fourth-order valence-corrected chi connectivity index (χ4v) is 3.82. The molecule has 2 rings (SSSR count). The number of likely N-dealkylation sites (tertiary alicyclic amines) is 1. The molecular formula is C19H36F3IN6O. The average molecular weight is 548 g/mol. The molecular weight excluding hydrogens is 512 g/mol. The van der Waals surface area contributed by atoms with Crippen molar-refractivity contribution in [3.8, 4) is 0 Å². The number of hydrogen-bond donors (Lipinski definition) is 1. The Labute approximate surface area is 195 Å². The number of hydrogen-bond acceptors (Lipinski definition) is 4. The van der Waals surface area contributed by atoms with Crippen molar-refractivity contribution in [2.24, 2.45) is 4.99 Å². The highest BCUT2D eigenvalue weighted by Crippen LogP contribution is 2.16. The van der Waals surface area contributed by atoms with E-state index >= 15 is 0 Å². The third-order valence-electron chi connectivity index (χ3n) is 5.46. The van der Waals surface area contributed by atoms with Gasteiger partial charge in [-0.1, -0.05) is 0 Å². The second-order valence-corrected chi connectivity index (χ2v) is 7.82. The van der Waals surface area contributed by atoms with Crippen molar-refractivity contribution in [2.45, 2.75) is 38.9 Å². The largest absolute Gasteiger partial charge is 0.401 e. The Kier molecular flexibility index (Phi) is 11.7. The van der Waals surface area contributed by atoms with Crippen LogP contribution in [0.15, 0.2) is 4.99 Å². The molecule has 1 atom stereocenters. The highest BCUT2D eigenvalue weighted by molar-refractivity contribution is 14.0. The number of aliphatic imine (C=N–C) groups is 1. The van der Waals surface area contributed by atoms with Gasteiger partial charge in [0.1, 0.15) is 0 Å². The van der Waals surface area contributed by atoms with E-state index in [0.29, 0.717) is 13.1 Å². The van der Waals surface area contributed by atoms with Crippen LogP contribution in [-0.4, -0.2) is 116 Å². The van der Waals surface area contributed by atoms with E-state index in [1.54, 1.807) is 0 Å². The van der Waals surface area contributed by atoms with Crippen LogP contribution in [0.5, 0.6) is 0 Å². The number of nitrogens with one attached hydrogen (secondary N) is 1. The van der Waals surface area contributed by atoms with Crippen molar-refractivity contribution < 1.29 is 18.0 Å². The summed E-state index contributed by atoms with van der Waals surface area (Å²) in [6.45, 7) is 9.00. The summed E-state index contributed by atoms with van der Waals surface area (Å²) in [5.74, 6) is 0.940. The van der Waals surface area contributed by atoms with Gasteiger partial charge in [-0.05, 0) is 33.7 Å². The monoisotopic (exact) mass is 548 g/mol. The molecule has 0 aromatic rings. The first-order valence-electron chi connectivity index (χ1n) is 10.5. The highest BCUT2D eigenvalue weighted by Gasteiger charge is 2.31. The zero-order valence-corrected chi connectivity index (χ0v) is 20.6. The van der Waals surface area contributed by atoms with Crippen molar-refractivity contribution >= 4 is 35.8 Å². The lowest BCUT2D eigenvalue weighted by molar-refractivity contribution is -0.142. The molecule has 0 aliphatic carbocycles. The van der Waals surface area contributed by atoms with Crippen molar-refractivity contribution in [3.63, 3.8) is 0 Å². The van der Waals surface area contributed by atoms with E-state index in [4.69, 9.17) is 0 Å². The number of alkyl halides is 3. The first kappa shape index (κ1) is 27.2. The van der Waals surface area contributed by atoms with Crippen LogP contribution in [0.4, 0.5) is 13.2 Å². The van der Waals surface area contributed by atoms with Gasteiger partial charge in [0, 0.05) is 52.4 Å². The Bertz CT molecular complexity index is 549.